The smallest absolute Gasteiger partial charge is 0.161 e. The molecule has 0 atom stereocenters. The van der Waals surface area contributed by atoms with E-state index >= 15 is 0 Å². The fraction of sp³-hybridized carbons (Fsp3) is 0.125. The molecule has 0 aliphatic carbocycles. The Kier molecular flexibility index (Phi) is 9.37. The number of thiazole rings is 2. The Balaban J connectivity index is 1.17. The van der Waals surface area contributed by atoms with Gasteiger partial charge in [0.05, 0.1) is 34.3 Å². The Hall–Kier alpha value is -3.24. The van der Waals surface area contributed by atoms with Crippen molar-refractivity contribution in [1.82, 2.24) is 9.97 Å². The summed E-state index contributed by atoms with van der Waals surface area (Å²) < 4.78 is 23.2. The lowest BCUT2D eigenvalue weighted by Gasteiger charge is -2.12. The quantitative estimate of drug-likeness (QED) is 0.141. The van der Waals surface area contributed by atoms with Crippen LogP contribution in [0.5, 0.6) is 23.0 Å². The van der Waals surface area contributed by atoms with E-state index in [0.29, 0.717) is 56.3 Å². The molecule has 2 heterocycles. The fourth-order valence-corrected chi connectivity index (χ4v) is 6.99. The summed E-state index contributed by atoms with van der Waals surface area (Å²) in [7, 11) is 3.22. The average molecular weight is 704 g/mol. The van der Waals surface area contributed by atoms with Crippen LogP contribution >= 0.6 is 69.1 Å². The fourth-order valence-electron chi connectivity index (χ4n) is 4.31. The van der Waals surface area contributed by atoms with Crippen LogP contribution in [-0.4, -0.2) is 24.2 Å². The maximum absolute atomic E-state index is 6.13. The molecule has 12 heteroatoms. The van der Waals surface area contributed by atoms with E-state index in [9.17, 15) is 0 Å². The van der Waals surface area contributed by atoms with Crippen molar-refractivity contribution in [3.63, 3.8) is 0 Å². The Bertz CT molecular complexity index is 1810. The van der Waals surface area contributed by atoms with Gasteiger partial charge in [-0.3, -0.25) is 0 Å². The summed E-state index contributed by atoms with van der Waals surface area (Å²) in [6, 6.07) is 22.3. The van der Waals surface area contributed by atoms with Gasteiger partial charge in [0.2, 0.25) is 0 Å². The van der Waals surface area contributed by atoms with Crippen molar-refractivity contribution in [3.8, 4) is 44.1 Å². The standard InChI is InChI=1S/C32H22Cl4N2O4S2/c1-39-27-13-19(5-9-25(27)41-15-17-3-7-21(33)23(35)11-17)29-37-31-32(43-29)38-30(44-31)20-6-10-26(28(14-20)40-2)42-16-18-4-8-22(34)24(36)12-18/h3-14H,15-16H2,1-2H3. The number of hydrogen-bond acceptors (Lipinski definition) is 8. The van der Waals surface area contributed by atoms with E-state index in [-0.39, 0.29) is 0 Å². The van der Waals surface area contributed by atoms with Crippen molar-refractivity contribution in [2.45, 2.75) is 13.2 Å². The maximum atomic E-state index is 6.13. The van der Waals surface area contributed by atoms with Crippen molar-refractivity contribution in [3.05, 3.63) is 104 Å². The summed E-state index contributed by atoms with van der Waals surface area (Å²) in [6.07, 6.45) is 0. The number of nitrogens with zero attached hydrogens (tertiary/aromatic N) is 2. The summed E-state index contributed by atoms with van der Waals surface area (Å²) in [6.45, 7) is 0.642. The number of fused-ring (bicyclic) bond motifs is 1. The number of halogens is 4. The lowest BCUT2D eigenvalue weighted by molar-refractivity contribution is 0.284. The van der Waals surface area contributed by atoms with Gasteiger partial charge in [0.1, 0.15) is 23.2 Å². The largest absolute Gasteiger partial charge is 0.493 e. The summed E-state index contributed by atoms with van der Waals surface area (Å²) >= 11 is 27.3. The van der Waals surface area contributed by atoms with Crippen LogP contribution < -0.4 is 18.9 Å². The second-order valence-electron chi connectivity index (χ2n) is 9.45. The lowest BCUT2D eigenvalue weighted by Crippen LogP contribution is -1.98. The van der Waals surface area contributed by atoms with Gasteiger partial charge < -0.3 is 18.9 Å². The van der Waals surface area contributed by atoms with Crippen LogP contribution in [0.3, 0.4) is 0 Å². The van der Waals surface area contributed by atoms with E-state index in [1.807, 2.05) is 48.5 Å². The van der Waals surface area contributed by atoms with Crippen LogP contribution in [0.15, 0.2) is 72.8 Å². The Morgan fingerprint density at radius 2 is 0.955 bits per heavy atom. The average Bonchev–Trinajstić information content (AvgIpc) is 3.62. The van der Waals surface area contributed by atoms with E-state index < -0.39 is 0 Å². The third-order valence-corrected chi connectivity index (χ3v) is 10.2. The van der Waals surface area contributed by atoms with Crippen LogP contribution in [0.2, 0.25) is 20.1 Å². The van der Waals surface area contributed by atoms with Gasteiger partial charge in [-0.1, -0.05) is 81.2 Å². The molecule has 224 valence electrons. The molecule has 6 nitrogen and oxygen atoms in total. The van der Waals surface area contributed by atoms with Gasteiger partial charge in [-0.25, -0.2) is 9.97 Å². The van der Waals surface area contributed by atoms with Crippen LogP contribution in [0.4, 0.5) is 0 Å². The van der Waals surface area contributed by atoms with Gasteiger partial charge in [-0.2, -0.15) is 0 Å². The minimum Gasteiger partial charge on any atom is -0.493 e. The lowest BCUT2D eigenvalue weighted by atomic mass is 10.2. The summed E-state index contributed by atoms with van der Waals surface area (Å²) in [5.74, 6) is 2.42. The third-order valence-electron chi connectivity index (χ3n) is 6.55. The predicted octanol–water partition coefficient (Wildman–Crippen LogP) is 10.9. The molecule has 0 amide bonds. The molecule has 0 unspecified atom stereocenters. The zero-order valence-corrected chi connectivity index (χ0v) is 27.9. The van der Waals surface area contributed by atoms with Gasteiger partial charge in [0, 0.05) is 11.1 Å². The minimum atomic E-state index is 0.321. The highest BCUT2D eigenvalue weighted by molar-refractivity contribution is 7.29. The number of benzene rings is 4. The van der Waals surface area contributed by atoms with E-state index in [2.05, 4.69) is 0 Å². The molecular formula is C32H22Cl4N2O4S2. The van der Waals surface area contributed by atoms with E-state index in [1.54, 1.807) is 38.5 Å². The third kappa shape index (κ3) is 6.71. The molecule has 0 bridgehead atoms. The van der Waals surface area contributed by atoms with Crippen LogP contribution in [0.25, 0.3) is 30.8 Å². The second-order valence-corrected chi connectivity index (χ2v) is 13.0. The second kappa shape index (κ2) is 13.4. The molecule has 0 saturated carbocycles. The van der Waals surface area contributed by atoms with E-state index in [4.69, 9.17) is 75.3 Å². The van der Waals surface area contributed by atoms with Gasteiger partial charge in [-0.05, 0) is 71.8 Å². The molecule has 6 rings (SSSR count). The maximum Gasteiger partial charge on any atom is 0.161 e. The van der Waals surface area contributed by atoms with Crippen LogP contribution in [0.1, 0.15) is 11.1 Å². The Labute approximate surface area is 281 Å². The first-order valence-corrected chi connectivity index (χ1v) is 16.2. The van der Waals surface area contributed by atoms with Crippen molar-refractivity contribution < 1.29 is 18.9 Å². The number of methoxy groups -OCH3 is 2. The predicted molar refractivity (Wildman–Crippen MR) is 181 cm³/mol. The monoisotopic (exact) mass is 702 g/mol. The molecule has 6 aromatic rings. The van der Waals surface area contributed by atoms with Crippen molar-refractivity contribution in [1.29, 1.82) is 0 Å². The molecule has 4 aromatic carbocycles. The van der Waals surface area contributed by atoms with Gasteiger partial charge in [-0.15, -0.1) is 0 Å². The van der Waals surface area contributed by atoms with E-state index in [0.717, 1.165) is 41.9 Å². The molecular weight excluding hydrogens is 682 g/mol. The van der Waals surface area contributed by atoms with Gasteiger partial charge in [0.15, 0.2) is 32.7 Å². The van der Waals surface area contributed by atoms with Crippen LogP contribution in [-0.2, 0) is 13.2 Å². The van der Waals surface area contributed by atoms with Gasteiger partial charge in [0.25, 0.3) is 0 Å². The zero-order chi connectivity index (χ0) is 30.8. The molecule has 2 aromatic heterocycles. The molecule has 0 fully saturated rings. The first kappa shape index (κ1) is 30.8. The zero-order valence-electron chi connectivity index (χ0n) is 23.2. The summed E-state index contributed by atoms with van der Waals surface area (Å²) in [4.78, 5) is 11.4. The number of rotatable bonds is 10. The number of ether oxygens (including phenoxy) is 4. The molecule has 44 heavy (non-hydrogen) atoms. The molecule has 0 aliphatic rings. The SMILES string of the molecule is COc1cc(-c2nc3sc(-c4ccc(OCc5ccc(Cl)c(Cl)c5)c(OC)c4)nc3s2)ccc1OCc1ccc(Cl)c(Cl)c1. The Morgan fingerprint density at radius 3 is 1.34 bits per heavy atom. The summed E-state index contributed by atoms with van der Waals surface area (Å²) in [5, 5.41) is 3.64. The number of aromatic nitrogens is 2. The minimum absolute atomic E-state index is 0.321. The highest BCUT2D eigenvalue weighted by Crippen LogP contribution is 2.41. The van der Waals surface area contributed by atoms with Crippen LogP contribution in [0, 0.1) is 0 Å². The van der Waals surface area contributed by atoms with Crippen molar-refractivity contribution in [2.24, 2.45) is 0 Å². The molecule has 0 aliphatic heterocycles. The first-order chi connectivity index (χ1) is 21.3. The molecule has 0 N–H and O–H groups in total. The van der Waals surface area contributed by atoms with E-state index in [1.165, 1.54) is 22.7 Å². The van der Waals surface area contributed by atoms with Crippen molar-refractivity contribution in [2.75, 3.05) is 14.2 Å². The Morgan fingerprint density at radius 1 is 0.523 bits per heavy atom. The number of hydrogen-bond donors (Lipinski definition) is 0. The normalized spacial score (nSPS) is 11.1. The van der Waals surface area contributed by atoms with Gasteiger partial charge >= 0.3 is 0 Å². The molecule has 0 saturated heterocycles. The highest BCUT2D eigenvalue weighted by atomic mass is 35.5. The summed E-state index contributed by atoms with van der Waals surface area (Å²) in [5.41, 5.74) is 3.61. The molecule has 0 radical (unpaired) electrons. The topological polar surface area (TPSA) is 62.7 Å². The first-order valence-electron chi connectivity index (χ1n) is 13.1. The van der Waals surface area contributed by atoms with Crippen molar-refractivity contribution >= 4 is 78.7 Å². The molecule has 0 spiro atoms. The highest BCUT2D eigenvalue weighted by Gasteiger charge is 2.17.